The number of nitrogens with two attached hydrogens (primary N) is 1. The summed E-state index contributed by atoms with van der Waals surface area (Å²) >= 11 is 0. The minimum Gasteiger partial charge on any atom is -0.301 e. The molecule has 1 saturated heterocycles. The zero-order chi connectivity index (χ0) is 14.2. The van der Waals surface area contributed by atoms with Crippen LogP contribution in [0.1, 0.15) is 5.56 Å². The lowest BCUT2D eigenvalue weighted by Gasteiger charge is -2.31. The maximum Gasteiger partial charge on any atom is 0.416 e. The van der Waals surface area contributed by atoms with Gasteiger partial charge in [0, 0.05) is 5.69 Å². The number of carbonyl (C=O) groups excluding carboxylic acids is 2. The number of amides is 2. The average molecular weight is 273 g/mol. The maximum absolute atomic E-state index is 12.6. The molecule has 1 fully saturated rings. The van der Waals surface area contributed by atoms with Gasteiger partial charge in [-0.1, -0.05) is 6.07 Å². The normalized spacial score (nSPS) is 17.1. The van der Waals surface area contributed by atoms with Crippen molar-refractivity contribution in [2.24, 2.45) is 5.84 Å². The second kappa shape index (κ2) is 4.54. The van der Waals surface area contributed by atoms with Crippen LogP contribution in [0.5, 0.6) is 0 Å². The molecule has 5 nitrogen and oxygen atoms in total. The van der Waals surface area contributed by atoms with Gasteiger partial charge in [0.25, 0.3) is 5.91 Å². The van der Waals surface area contributed by atoms with Gasteiger partial charge in [0.15, 0.2) is 0 Å². The van der Waals surface area contributed by atoms with Crippen LogP contribution >= 0.6 is 0 Å². The summed E-state index contributed by atoms with van der Waals surface area (Å²) < 4.78 is 37.7. The summed E-state index contributed by atoms with van der Waals surface area (Å²) in [6, 6.07) is 4.25. The van der Waals surface area contributed by atoms with Crippen LogP contribution in [-0.4, -0.2) is 29.9 Å². The third kappa shape index (κ3) is 2.68. The number of nitrogens with zero attached hydrogens (tertiary/aromatic N) is 2. The number of anilines is 1. The fourth-order valence-electron chi connectivity index (χ4n) is 1.72. The molecule has 0 saturated carbocycles. The molecule has 2 rings (SSSR count). The molecule has 0 unspecified atom stereocenters. The van der Waals surface area contributed by atoms with Crippen LogP contribution in [0, 0.1) is 0 Å². The molecule has 0 radical (unpaired) electrons. The standard InChI is InChI=1S/C11H10F3N3O2/c12-11(13,14)7-2-1-3-8(4-7)16-5-10(19)17(15)6-9(16)18/h1-4H,5-6,15H2. The quantitative estimate of drug-likeness (QED) is 0.606. The number of hydrogen-bond acceptors (Lipinski definition) is 3. The highest BCUT2D eigenvalue weighted by atomic mass is 19.4. The first-order chi connectivity index (χ1) is 8.79. The fraction of sp³-hybridized carbons (Fsp3) is 0.273. The van der Waals surface area contributed by atoms with Crippen molar-refractivity contribution in [3.05, 3.63) is 29.8 Å². The molecule has 0 aromatic heterocycles. The number of benzene rings is 1. The van der Waals surface area contributed by atoms with E-state index >= 15 is 0 Å². The van der Waals surface area contributed by atoms with Crippen LogP contribution in [0.2, 0.25) is 0 Å². The van der Waals surface area contributed by atoms with Crippen molar-refractivity contribution in [1.29, 1.82) is 0 Å². The number of piperazine rings is 1. The van der Waals surface area contributed by atoms with Crippen molar-refractivity contribution in [3.8, 4) is 0 Å². The first-order valence-corrected chi connectivity index (χ1v) is 5.32. The summed E-state index contributed by atoms with van der Waals surface area (Å²) in [4.78, 5) is 24.1. The first kappa shape index (κ1) is 13.3. The van der Waals surface area contributed by atoms with Gasteiger partial charge < -0.3 is 4.90 Å². The Hall–Kier alpha value is -2.09. The highest BCUT2D eigenvalue weighted by Gasteiger charge is 2.33. The Kier molecular flexibility index (Phi) is 3.19. The predicted molar refractivity (Wildman–Crippen MR) is 59.7 cm³/mol. The average Bonchev–Trinajstić information content (AvgIpc) is 2.33. The van der Waals surface area contributed by atoms with Gasteiger partial charge in [0.1, 0.15) is 13.1 Å². The van der Waals surface area contributed by atoms with E-state index in [1.807, 2.05) is 0 Å². The lowest BCUT2D eigenvalue weighted by molar-refractivity contribution is -0.138. The van der Waals surface area contributed by atoms with Crippen LogP contribution in [0.15, 0.2) is 24.3 Å². The summed E-state index contributed by atoms with van der Waals surface area (Å²) in [6.45, 7) is -0.717. The van der Waals surface area contributed by atoms with E-state index in [2.05, 4.69) is 0 Å². The number of rotatable bonds is 1. The Bertz CT molecular complexity index is 530. The van der Waals surface area contributed by atoms with E-state index in [-0.39, 0.29) is 18.8 Å². The molecule has 0 atom stereocenters. The van der Waals surface area contributed by atoms with E-state index in [4.69, 9.17) is 5.84 Å². The van der Waals surface area contributed by atoms with Crippen molar-refractivity contribution < 1.29 is 22.8 Å². The maximum atomic E-state index is 12.6. The molecule has 0 spiro atoms. The SMILES string of the molecule is NN1CC(=O)N(c2cccc(C(F)(F)F)c2)CC1=O. The fourth-order valence-corrected chi connectivity index (χ4v) is 1.72. The highest BCUT2D eigenvalue weighted by molar-refractivity contribution is 6.04. The zero-order valence-electron chi connectivity index (χ0n) is 9.65. The third-order valence-corrected chi connectivity index (χ3v) is 2.71. The Morgan fingerprint density at radius 1 is 1.11 bits per heavy atom. The van der Waals surface area contributed by atoms with Crippen molar-refractivity contribution in [2.45, 2.75) is 6.18 Å². The second-order valence-corrected chi connectivity index (χ2v) is 4.05. The molecule has 1 aromatic carbocycles. The summed E-state index contributed by atoms with van der Waals surface area (Å²) in [6.07, 6.45) is -4.50. The monoisotopic (exact) mass is 273 g/mol. The van der Waals surface area contributed by atoms with E-state index in [1.54, 1.807) is 0 Å². The number of alkyl halides is 3. The number of halogens is 3. The Labute approximate surface area is 106 Å². The summed E-state index contributed by atoms with van der Waals surface area (Å²) in [5.41, 5.74) is -0.846. The number of carbonyl (C=O) groups is 2. The molecular weight excluding hydrogens is 263 g/mol. The zero-order valence-corrected chi connectivity index (χ0v) is 9.65. The Balaban J connectivity index is 2.32. The van der Waals surface area contributed by atoms with Crippen molar-refractivity contribution in [2.75, 3.05) is 18.0 Å². The summed E-state index contributed by atoms with van der Waals surface area (Å²) in [5.74, 6) is 4.21. The van der Waals surface area contributed by atoms with Gasteiger partial charge in [-0.05, 0) is 18.2 Å². The molecule has 2 amide bonds. The summed E-state index contributed by atoms with van der Waals surface area (Å²) in [5, 5.41) is 0.743. The van der Waals surface area contributed by atoms with Gasteiger partial charge in [-0.3, -0.25) is 14.6 Å². The second-order valence-electron chi connectivity index (χ2n) is 4.05. The van der Waals surface area contributed by atoms with Gasteiger partial charge in [0.2, 0.25) is 5.91 Å². The van der Waals surface area contributed by atoms with Crippen molar-refractivity contribution >= 4 is 17.5 Å². The van der Waals surface area contributed by atoms with Crippen LogP contribution < -0.4 is 10.7 Å². The largest absolute Gasteiger partial charge is 0.416 e. The molecule has 102 valence electrons. The van der Waals surface area contributed by atoms with Crippen molar-refractivity contribution in [3.63, 3.8) is 0 Å². The Morgan fingerprint density at radius 3 is 2.42 bits per heavy atom. The van der Waals surface area contributed by atoms with Crippen LogP contribution in [-0.2, 0) is 15.8 Å². The lowest BCUT2D eigenvalue weighted by atomic mass is 10.1. The number of hydrogen-bond donors (Lipinski definition) is 1. The van der Waals surface area contributed by atoms with Gasteiger partial charge in [-0.25, -0.2) is 5.84 Å². The Morgan fingerprint density at radius 2 is 1.79 bits per heavy atom. The van der Waals surface area contributed by atoms with Crippen LogP contribution in [0.25, 0.3) is 0 Å². The number of hydrazine groups is 1. The third-order valence-electron chi connectivity index (χ3n) is 2.71. The first-order valence-electron chi connectivity index (χ1n) is 5.32. The molecule has 0 aliphatic carbocycles. The molecule has 2 N–H and O–H groups in total. The lowest BCUT2D eigenvalue weighted by Crippen LogP contribution is -2.56. The van der Waals surface area contributed by atoms with E-state index in [1.165, 1.54) is 12.1 Å². The van der Waals surface area contributed by atoms with Gasteiger partial charge in [0.05, 0.1) is 5.56 Å². The molecule has 1 aliphatic heterocycles. The molecule has 0 bridgehead atoms. The topological polar surface area (TPSA) is 66.6 Å². The smallest absolute Gasteiger partial charge is 0.301 e. The van der Waals surface area contributed by atoms with Crippen molar-refractivity contribution in [1.82, 2.24) is 5.01 Å². The van der Waals surface area contributed by atoms with Gasteiger partial charge >= 0.3 is 6.18 Å². The van der Waals surface area contributed by atoms with Crippen LogP contribution in [0.3, 0.4) is 0 Å². The molecule has 8 heteroatoms. The minimum absolute atomic E-state index is 0.0290. The van der Waals surface area contributed by atoms with E-state index in [0.717, 1.165) is 22.0 Å². The van der Waals surface area contributed by atoms with Gasteiger partial charge in [-0.15, -0.1) is 0 Å². The van der Waals surface area contributed by atoms with E-state index in [0.29, 0.717) is 0 Å². The molecule has 1 aromatic rings. The van der Waals surface area contributed by atoms with Crippen LogP contribution in [0.4, 0.5) is 18.9 Å². The highest BCUT2D eigenvalue weighted by Crippen LogP contribution is 2.31. The summed E-state index contributed by atoms with van der Waals surface area (Å²) in [7, 11) is 0. The predicted octanol–water partition coefficient (Wildman–Crippen LogP) is 0.754. The molecule has 1 heterocycles. The molecular formula is C11H10F3N3O2. The van der Waals surface area contributed by atoms with E-state index in [9.17, 15) is 22.8 Å². The van der Waals surface area contributed by atoms with E-state index < -0.39 is 23.6 Å². The molecule has 1 aliphatic rings. The minimum atomic E-state index is -4.50. The molecule has 19 heavy (non-hydrogen) atoms. The van der Waals surface area contributed by atoms with Gasteiger partial charge in [-0.2, -0.15) is 13.2 Å².